The Morgan fingerprint density at radius 2 is 2.05 bits per heavy atom. The maximum atomic E-state index is 12.1. The van der Waals surface area contributed by atoms with Crippen LogP contribution in [0.15, 0.2) is 24.3 Å². The molecule has 0 spiro atoms. The van der Waals surface area contributed by atoms with Gasteiger partial charge in [-0.05, 0) is 12.5 Å². The smallest absolute Gasteiger partial charge is 0.232 e. The van der Waals surface area contributed by atoms with Crippen LogP contribution in [0.2, 0.25) is 0 Å². The minimum absolute atomic E-state index is 0.0348. The second-order valence-corrected chi connectivity index (χ2v) is 5.94. The van der Waals surface area contributed by atoms with Gasteiger partial charge in [0.1, 0.15) is 0 Å². The van der Waals surface area contributed by atoms with Crippen LogP contribution < -0.4 is 5.32 Å². The van der Waals surface area contributed by atoms with E-state index < -0.39 is 0 Å². The van der Waals surface area contributed by atoms with Crippen LogP contribution in [0.3, 0.4) is 0 Å². The third-order valence-electron chi connectivity index (χ3n) is 3.28. The summed E-state index contributed by atoms with van der Waals surface area (Å²) in [6.45, 7) is 3.79. The highest BCUT2D eigenvalue weighted by atomic mass is 32.2. The fraction of sp³-hybridized carbons (Fsp3) is 0.467. The third kappa shape index (κ3) is 4.56. The average Bonchev–Trinajstić information content (AvgIpc) is 2.66. The van der Waals surface area contributed by atoms with Crippen molar-refractivity contribution < 1.29 is 9.59 Å². The predicted octanol–water partition coefficient (Wildman–Crippen LogP) is 1.58. The first-order chi connectivity index (χ1) is 9.65. The number of carbonyl (C=O) groups is 2. The lowest BCUT2D eigenvalue weighted by Crippen LogP contribution is -2.35. The second kappa shape index (κ2) is 7.33. The summed E-state index contributed by atoms with van der Waals surface area (Å²) in [5.41, 5.74) is 2.48. The van der Waals surface area contributed by atoms with E-state index in [-0.39, 0.29) is 11.8 Å². The number of hydrogen-bond acceptors (Lipinski definition) is 3. The van der Waals surface area contributed by atoms with Crippen LogP contribution in [0, 0.1) is 6.92 Å². The summed E-state index contributed by atoms with van der Waals surface area (Å²) in [6.07, 6.45) is 0.411. The minimum Gasteiger partial charge on any atom is -0.354 e. The average molecular weight is 292 g/mol. The van der Waals surface area contributed by atoms with Gasteiger partial charge < -0.3 is 10.2 Å². The zero-order chi connectivity index (χ0) is 14.4. The third-order valence-corrected chi connectivity index (χ3v) is 4.27. The summed E-state index contributed by atoms with van der Waals surface area (Å²) in [5, 5.41) is 2.78. The molecule has 0 atom stereocenters. The molecule has 1 N–H and O–H groups in total. The summed E-state index contributed by atoms with van der Waals surface area (Å²) in [6, 6.07) is 8.37. The van der Waals surface area contributed by atoms with Crippen molar-refractivity contribution in [2.24, 2.45) is 0 Å². The van der Waals surface area contributed by atoms with E-state index in [0.717, 1.165) is 5.75 Å². The van der Waals surface area contributed by atoms with Crippen LogP contribution in [0.25, 0.3) is 0 Å². The Morgan fingerprint density at radius 3 is 2.80 bits per heavy atom. The van der Waals surface area contributed by atoms with Crippen LogP contribution in [0.5, 0.6) is 0 Å². The standard InChI is InChI=1S/C15H20N2O2S/c1-12-2-4-13(5-3-12)10-20-11-15(19)17-8-6-14(18)16-7-9-17/h2-5H,6-11H2,1H3,(H,16,18). The maximum absolute atomic E-state index is 12.1. The number of hydrogen-bond donors (Lipinski definition) is 1. The monoisotopic (exact) mass is 292 g/mol. The van der Waals surface area contributed by atoms with Crippen molar-refractivity contribution in [1.82, 2.24) is 10.2 Å². The van der Waals surface area contributed by atoms with Crippen molar-refractivity contribution in [3.8, 4) is 0 Å². The largest absolute Gasteiger partial charge is 0.354 e. The molecule has 0 radical (unpaired) electrons. The van der Waals surface area contributed by atoms with Crippen molar-refractivity contribution in [3.05, 3.63) is 35.4 Å². The number of nitrogens with zero attached hydrogens (tertiary/aromatic N) is 1. The summed E-state index contributed by atoms with van der Waals surface area (Å²) >= 11 is 1.63. The van der Waals surface area contributed by atoms with Gasteiger partial charge in [-0.1, -0.05) is 29.8 Å². The van der Waals surface area contributed by atoms with Gasteiger partial charge in [0, 0.05) is 31.8 Å². The van der Waals surface area contributed by atoms with E-state index in [9.17, 15) is 9.59 Å². The fourth-order valence-electron chi connectivity index (χ4n) is 2.05. The van der Waals surface area contributed by atoms with E-state index in [4.69, 9.17) is 0 Å². The molecular formula is C15H20N2O2S. The Hall–Kier alpha value is -1.49. The van der Waals surface area contributed by atoms with Crippen LogP contribution in [0.4, 0.5) is 0 Å². The molecular weight excluding hydrogens is 272 g/mol. The Labute approximate surface area is 123 Å². The van der Waals surface area contributed by atoms with E-state index in [0.29, 0.717) is 31.8 Å². The Kier molecular flexibility index (Phi) is 5.47. The quantitative estimate of drug-likeness (QED) is 0.916. The highest BCUT2D eigenvalue weighted by Gasteiger charge is 2.17. The molecule has 0 bridgehead atoms. The van der Waals surface area contributed by atoms with E-state index in [2.05, 4.69) is 36.5 Å². The Balaban J connectivity index is 1.74. The molecule has 1 heterocycles. The number of carbonyl (C=O) groups excluding carboxylic acids is 2. The molecule has 2 amide bonds. The number of rotatable bonds is 4. The van der Waals surface area contributed by atoms with Crippen molar-refractivity contribution in [2.75, 3.05) is 25.4 Å². The molecule has 0 aromatic heterocycles. The first-order valence-electron chi connectivity index (χ1n) is 6.83. The number of amides is 2. The predicted molar refractivity (Wildman–Crippen MR) is 81.5 cm³/mol. The topological polar surface area (TPSA) is 49.4 Å². The molecule has 1 aliphatic heterocycles. The van der Waals surface area contributed by atoms with Gasteiger partial charge in [0.2, 0.25) is 11.8 Å². The number of thioether (sulfide) groups is 1. The summed E-state index contributed by atoms with van der Waals surface area (Å²) in [7, 11) is 0. The first kappa shape index (κ1) is 14.9. The van der Waals surface area contributed by atoms with E-state index in [1.807, 2.05) is 0 Å². The fourth-order valence-corrected chi connectivity index (χ4v) is 2.94. The van der Waals surface area contributed by atoms with Gasteiger partial charge in [0.25, 0.3) is 0 Å². The number of nitrogens with one attached hydrogen (secondary N) is 1. The van der Waals surface area contributed by atoms with Crippen LogP contribution >= 0.6 is 11.8 Å². The van der Waals surface area contributed by atoms with Gasteiger partial charge in [-0.25, -0.2) is 0 Å². The maximum Gasteiger partial charge on any atom is 0.232 e. The molecule has 0 saturated carbocycles. The first-order valence-corrected chi connectivity index (χ1v) is 7.98. The molecule has 0 aliphatic carbocycles. The number of aryl methyl sites for hydroxylation is 1. The normalized spacial score (nSPS) is 15.7. The van der Waals surface area contributed by atoms with Gasteiger partial charge >= 0.3 is 0 Å². The minimum atomic E-state index is 0.0348. The van der Waals surface area contributed by atoms with Crippen molar-refractivity contribution in [1.29, 1.82) is 0 Å². The Bertz CT molecular complexity index is 473. The lowest BCUT2D eigenvalue weighted by molar-refractivity contribution is -0.128. The SMILES string of the molecule is Cc1ccc(CSCC(=O)N2CCNC(=O)CC2)cc1. The molecule has 20 heavy (non-hydrogen) atoms. The molecule has 1 saturated heterocycles. The zero-order valence-electron chi connectivity index (χ0n) is 11.7. The van der Waals surface area contributed by atoms with E-state index >= 15 is 0 Å². The summed E-state index contributed by atoms with van der Waals surface area (Å²) in [4.78, 5) is 25.1. The van der Waals surface area contributed by atoms with Crippen molar-refractivity contribution in [3.63, 3.8) is 0 Å². The highest BCUT2D eigenvalue weighted by molar-refractivity contribution is 7.99. The van der Waals surface area contributed by atoms with E-state index in [1.54, 1.807) is 16.7 Å². The lowest BCUT2D eigenvalue weighted by Gasteiger charge is -2.19. The molecule has 0 unspecified atom stereocenters. The van der Waals surface area contributed by atoms with Crippen molar-refractivity contribution in [2.45, 2.75) is 19.1 Å². The molecule has 1 aromatic rings. The lowest BCUT2D eigenvalue weighted by atomic mass is 10.2. The highest BCUT2D eigenvalue weighted by Crippen LogP contribution is 2.14. The molecule has 1 fully saturated rings. The molecule has 2 rings (SSSR count). The van der Waals surface area contributed by atoms with Gasteiger partial charge in [-0.3, -0.25) is 9.59 Å². The molecule has 5 heteroatoms. The second-order valence-electron chi connectivity index (χ2n) is 4.96. The van der Waals surface area contributed by atoms with Crippen LogP contribution in [0.1, 0.15) is 17.5 Å². The van der Waals surface area contributed by atoms with Gasteiger partial charge in [-0.15, -0.1) is 11.8 Å². The van der Waals surface area contributed by atoms with Crippen LogP contribution in [-0.2, 0) is 15.3 Å². The van der Waals surface area contributed by atoms with Crippen molar-refractivity contribution >= 4 is 23.6 Å². The molecule has 108 valence electrons. The molecule has 1 aliphatic rings. The van der Waals surface area contributed by atoms with Gasteiger partial charge in [0.15, 0.2) is 0 Å². The van der Waals surface area contributed by atoms with E-state index in [1.165, 1.54) is 11.1 Å². The molecule has 4 nitrogen and oxygen atoms in total. The summed E-state index contributed by atoms with van der Waals surface area (Å²) in [5.74, 6) is 1.48. The Morgan fingerprint density at radius 1 is 1.30 bits per heavy atom. The summed E-state index contributed by atoms with van der Waals surface area (Å²) < 4.78 is 0. The zero-order valence-corrected chi connectivity index (χ0v) is 12.5. The van der Waals surface area contributed by atoms with Crippen LogP contribution in [-0.4, -0.2) is 42.1 Å². The van der Waals surface area contributed by atoms with Gasteiger partial charge in [0.05, 0.1) is 5.75 Å². The van der Waals surface area contributed by atoms with Gasteiger partial charge in [-0.2, -0.15) is 0 Å². The number of benzene rings is 1. The molecule has 1 aromatic carbocycles.